The van der Waals surface area contributed by atoms with Gasteiger partial charge in [0.05, 0.1) is 13.2 Å². The molecule has 0 aliphatic rings. The highest BCUT2D eigenvalue weighted by Crippen LogP contribution is 1.90. The van der Waals surface area contributed by atoms with Gasteiger partial charge in [-0.25, -0.2) is 0 Å². The van der Waals surface area contributed by atoms with Crippen molar-refractivity contribution in [3.63, 3.8) is 0 Å². The number of rotatable bonds is 9. The van der Waals surface area contributed by atoms with Gasteiger partial charge in [0.2, 0.25) is 5.91 Å². The van der Waals surface area contributed by atoms with Gasteiger partial charge >= 0.3 is 0 Å². The summed E-state index contributed by atoms with van der Waals surface area (Å²) >= 11 is 0. The molecule has 4 heteroatoms. The molecule has 0 aliphatic heterocycles. The van der Waals surface area contributed by atoms with Crippen LogP contribution in [0.1, 0.15) is 26.2 Å². The molecule has 0 bridgehead atoms. The SMILES string of the molecule is C#CCCCCNCC(=O)NC(C)COC. The molecule has 0 aromatic rings. The zero-order valence-electron chi connectivity index (χ0n) is 10.2. The van der Waals surface area contributed by atoms with E-state index in [0.29, 0.717) is 13.2 Å². The fourth-order valence-electron chi connectivity index (χ4n) is 1.30. The molecule has 0 saturated carbocycles. The monoisotopic (exact) mass is 226 g/mol. The van der Waals surface area contributed by atoms with Gasteiger partial charge in [-0.05, 0) is 26.3 Å². The Hall–Kier alpha value is -1.05. The average Bonchev–Trinajstić information content (AvgIpc) is 2.23. The van der Waals surface area contributed by atoms with Crippen LogP contribution in [0.5, 0.6) is 0 Å². The van der Waals surface area contributed by atoms with Crippen molar-refractivity contribution in [1.29, 1.82) is 0 Å². The molecular formula is C12H22N2O2. The van der Waals surface area contributed by atoms with Crippen molar-refractivity contribution in [3.8, 4) is 12.3 Å². The summed E-state index contributed by atoms with van der Waals surface area (Å²) in [5, 5.41) is 5.89. The molecule has 1 amide bonds. The summed E-state index contributed by atoms with van der Waals surface area (Å²) in [6.45, 7) is 3.63. The van der Waals surface area contributed by atoms with Crippen LogP contribution in [0.2, 0.25) is 0 Å². The van der Waals surface area contributed by atoms with Crippen molar-refractivity contribution in [2.75, 3.05) is 26.8 Å². The lowest BCUT2D eigenvalue weighted by molar-refractivity contribution is -0.121. The minimum atomic E-state index is 0.00139. The Morgan fingerprint density at radius 1 is 1.50 bits per heavy atom. The number of methoxy groups -OCH3 is 1. The minimum Gasteiger partial charge on any atom is -0.383 e. The predicted molar refractivity (Wildman–Crippen MR) is 65.0 cm³/mol. The molecule has 0 fully saturated rings. The van der Waals surface area contributed by atoms with Crippen LogP contribution in [0, 0.1) is 12.3 Å². The van der Waals surface area contributed by atoms with Crippen LogP contribution in [0.25, 0.3) is 0 Å². The summed E-state index contributed by atoms with van der Waals surface area (Å²) in [4.78, 5) is 11.4. The molecule has 0 aromatic heterocycles. The zero-order valence-corrected chi connectivity index (χ0v) is 10.2. The summed E-state index contributed by atoms with van der Waals surface area (Å²) in [6, 6.07) is 0.0562. The fraction of sp³-hybridized carbons (Fsp3) is 0.750. The Bertz CT molecular complexity index is 224. The zero-order chi connectivity index (χ0) is 12.2. The van der Waals surface area contributed by atoms with E-state index in [0.717, 1.165) is 25.8 Å². The lowest BCUT2D eigenvalue weighted by atomic mass is 10.2. The maximum Gasteiger partial charge on any atom is 0.234 e. The number of nitrogens with one attached hydrogen (secondary N) is 2. The van der Waals surface area contributed by atoms with Gasteiger partial charge in [0.15, 0.2) is 0 Å². The van der Waals surface area contributed by atoms with Crippen LogP contribution in [0.4, 0.5) is 0 Å². The molecular weight excluding hydrogens is 204 g/mol. The lowest BCUT2D eigenvalue weighted by Crippen LogP contribution is -2.41. The van der Waals surface area contributed by atoms with Gasteiger partial charge < -0.3 is 15.4 Å². The van der Waals surface area contributed by atoms with Gasteiger partial charge in [0.25, 0.3) is 0 Å². The molecule has 0 heterocycles. The highest BCUT2D eigenvalue weighted by Gasteiger charge is 2.05. The highest BCUT2D eigenvalue weighted by atomic mass is 16.5. The predicted octanol–water partition coefficient (Wildman–Crippen LogP) is 0.531. The van der Waals surface area contributed by atoms with Crippen molar-refractivity contribution in [2.24, 2.45) is 0 Å². The van der Waals surface area contributed by atoms with E-state index in [1.54, 1.807) is 7.11 Å². The van der Waals surface area contributed by atoms with Gasteiger partial charge in [-0.15, -0.1) is 12.3 Å². The number of terminal acetylenes is 1. The number of amides is 1. The lowest BCUT2D eigenvalue weighted by Gasteiger charge is -2.12. The first kappa shape index (κ1) is 14.9. The van der Waals surface area contributed by atoms with Crippen LogP contribution in [-0.2, 0) is 9.53 Å². The molecule has 0 rings (SSSR count). The molecule has 0 aliphatic carbocycles. The van der Waals surface area contributed by atoms with E-state index in [9.17, 15) is 4.79 Å². The van der Waals surface area contributed by atoms with Crippen LogP contribution in [-0.4, -0.2) is 38.8 Å². The fourth-order valence-corrected chi connectivity index (χ4v) is 1.30. The third kappa shape index (κ3) is 9.50. The van der Waals surface area contributed by atoms with E-state index in [2.05, 4.69) is 16.6 Å². The maximum atomic E-state index is 11.4. The summed E-state index contributed by atoms with van der Waals surface area (Å²) in [7, 11) is 1.62. The average molecular weight is 226 g/mol. The van der Waals surface area contributed by atoms with E-state index in [1.807, 2.05) is 6.92 Å². The van der Waals surface area contributed by atoms with E-state index < -0.39 is 0 Å². The van der Waals surface area contributed by atoms with E-state index in [4.69, 9.17) is 11.2 Å². The number of hydrogen-bond donors (Lipinski definition) is 2. The second-order valence-electron chi connectivity index (χ2n) is 3.76. The Kier molecular flexibility index (Phi) is 9.78. The van der Waals surface area contributed by atoms with Crippen molar-refractivity contribution in [3.05, 3.63) is 0 Å². The molecule has 1 atom stereocenters. The van der Waals surface area contributed by atoms with E-state index in [-0.39, 0.29) is 11.9 Å². The smallest absolute Gasteiger partial charge is 0.234 e. The number of ether oxygens (including phenoxy) is 1. The summed E-state index contributed by atoms with van der Waals surface area (Å²) in [6.07, 6.45) is 7.94. The second kappa shape index (κ2) is 10.5. The number of carbonyl (C=O) groups excluding carboxylic acids is 1. The first-order valence-electron chi connectivity index (χ1n) is 5.63. The van der Waals surface area contributed by atoms with Crippen LogP contribution in [0.3, 0.4) is 0 Å². The molecule has 0 saturated heterocycles. The number of carbonyl (C=O) groups is 1. The van der Waals surface area contributed by atoms with Crippen molar-refractivity contribution >= 4 is 5.91 Å². The summed E-state index contributed by atoms with van der Waals surface area (Å²) in [5.41, 5.74) is 0. The molecule has 0 spiro atoms. The Balaban J connectivity index is 3.34. The van der Waals surface area contributed by atoms with E-state index in [1.165, 1.54) is 0 Å². The van der Waals surface area contributed by atoms with Crippen molar-refractivity contribution in [2.45, 2.75) is 32.2 Å². The quantitative estimate of drug-likeness (QED) is 0.445. The largest absolute Gasteiger partial charge is 0.383 e. The second-order valence-corrected chi connectivity index (χ2v) is 3.76. The van der Waals surface area contributed by atoms with Gasteiger partial charge in [0, 0.05) is 19.6 Å². The molecule has 16 heavy (non-hydrogen) atoms. The number of unbranched alkanes of at least 4 members (excludes halogenated alkanes) is 2. The molecule has 1 unspecified atom stereocenters. The summed E-state index contributed by atoms with van der Waals surface area (Å²) in [5.74, 6) is 2.59. The first-order valence-corrected chi connectivity index (χ1v) is 5.63. The van der Waals surface area contributed by atoms with Gasteiger partial charge in [-0.3, -0.25) is 4.79 Å². The van der Waals surface area contributed by atoms with E-state index >= 15 is 0 Å². The molecule has 92 valence electrons. The highest BCUT2D eigenvalue weighted by molar-refractivity contribution is 5.78. The van der Waals surface area contributed by atoms with Crippen LogP contribution < -0.4 is 10.6 Å². The normalized spacial score (nSPS) is 11.8. The van der Waals surface area contributed by atoms with Gasteiger partial charge in [-0.2, -0.15) is 0 Å². The van der Waals surface area contributed by atoms with Crippen molar-refractivity contribution in [1.82, 2.24) is 10.6 Å². The molecule has 0 radical (unpaired) electrons. The minimum absolute atomic E-state index is 0.00139. The third-order valence-corrected chi connectivity index (χ3v) is 2.03. The molecule has 2 N–H and O–H groups in total. The summed E-state index contributed by atoms with van der Waals surface area (Å²) < 4.78 is 4.92. The third-order valence-electron chi connectivity index (χ3n) is 2.03. The number of hydrogen-bond acceptors (Lipinski definition) is 3. The first-order chi connectivity index (χ1) is 7.70. The Morgan fingerprint density at radius 2 is 2.25 bits per heavy atom. The standard InChI is InChI=1S/C12H22N2O2/c1-4-5-6-7-8-13-9-12(15)14-11(2)10-16-3/h1,11,13H,5-10H2,2-3H3,(H,14,15). The Labute approximate surface area is 98.1 Å². The van der Waals surface area contributed by atoms with Gasteiger partial charge in [0.1, 0.15) is 0 Å². The molecule has 4 nitrogen and oxygen atoms in total. The Morgan fingerprint density at radius 3 is 2.88 bits per heavy atom. The molecule has 0 aromatic carbocycles. The van der Waals surface area contributed by atoms with Crippen LogP contribution >= 0.6 is 0 Å². The topological polar surface area (TPSA) is 50.4 Å². The van der Waals surface area contributed by atoms with Crippen molar-refractivity contribution < 1.29 is 9.53 Å². The van der Waals surface area contributed by atoms with Crippen LogP contribution in [0.15, 0.2) is 0 Å². The maximum absolute atomic E-state index is 11.4. The van der Waals surface area contributed by atoms with Gasteiger partial charge in [-0.1, -0.05) is 0 Å².